The number of aryl methyl sites for hydroxylation is 1. The van der Waals surface area contributed by atoms with E-state index in [0.29, 0.717) is 11.6 Å². The summed E-state index contributed by atoms with van der Waals surface area (Å²) in [7, 11) is 0. The number of rotatable bonds is 8. The Kier molecular flexibility index (Phi) is 6.57. The van der Waals surface area contributed by atoms with Gasteiger partial charge in [-0.05, 0) is 43.5 Å². The summed E-state index contributed by atoms with van der Waals surface area (Å²) >= 11 is 6.51. The summed E-state index contributed by atoms with van der Waals surface area (Å²) in [6.07, 6.45) is 8.54. The van der Waals surface area contributed by atoms with E-state index in [1.54, 1.807) is 27.6 Å². The van der Waals surface area contributed by atoms with E-state index >= 15 is 0 Å². The summed E-state index contributed by atoms with van der Waals surface area (Å²) in [5.74, 6) is 0.779. The second-order valence-electron chi connectivity index (χ2n) is 6.79. The van der Waals surface area contributed by atoms with Crippen LogP contribution in [0.15, 0.2) is 53.7 Å². The molecule has 0 unspecified atom stereocenters. The van der Waals surface area contributed by atoms with E-state index < -0.39 is 0 Å². The van der Waals surface area contributed by atoms with Crippen molar-refractivity contribution in [2.75, 3.05) is 0 Å². The fourth-order valence-electron chi connectivity index (χ4n) is 3.12. The van der Waals surface area contributed by atoms with Crippen molar-refractivity contribution in [2.24, 2.45) is 0 Å². The molecule has 0 aliphatic heterocycles. The number of ether oxygens (including phenoxy) is 1. The van der Waals surface area contributed by atoms with Crippen molar-refractivity contribution in [3.63, 3.8) is 0 Å². The first-order valence-corrected chi connectivity index (χ1v) is 10.2. The van der Waals surface area contributed by atoms with Gasteiger partial charge in [-0.25, -0.2) is 4.68 Å². The molecule has 5 nitrogen and oxygen atoms in total. The topological polar surface area (TPSA) is 49.0 Å². The van der Waals surface area contributed by atoms with Crippen molar-refractivity contribution in [3.8, 4) is 22.6 Å². The number of halogens is 1. The van der Waals surface area contributed by atoms with Crippen molar-refractivity contribution in [2.45, 2.75) is 52.7 Å². The zero-order chi connectivity index (χ0) is 20.1. The van der Waals surface area contributed by atoms with Gasteiger partial charge in [0.2, 0.25) is 0 Å². The largest absolute Gasteiger partial charge is 0.490 e. The molecule has 0 saturated carbocycles. The minimum atomic E-state index is -0.00549. The predicted molar refractivity (Wildman–Crippen MR) is 114 cm³/mol. The van der Waals surface area contributed by atoms with Crippen LogP contribution in [-0.2, 0) is 6.54 Å². The van der Waals surface area contributed by atoms with Gasteiger partial charge in [0.25, 0.3) is 5.56 Å². The lowest BCUT2D eigenvalue weighted by Crippen LogP contribution is -2.19. The van der Waals surface area contributed by atoms with Gasteiger partial charge in [-0.3, -0.25) is 4.79 Å². The Bertz CT molecular complexity index is 989. The lowest BCUT2D eigenvalue weighted by molar-refractivity contribution is 0.193. The highest BCUT2D eigenvalue weighted by atomic mass is 35.5. The van der Waals surface area contributed by atoms with Crippen molar-refractivity contribution in [1.29, 1.82) is 0 Å². The van der Waals surface area contributed by atoms with Crippen LogP contribution in [0.2, 0.25) is 5.02 Å². The molecule has 28 heavy (non-hydrogen) atoms. The van der Waals surface area contributed by atoms with E-state index in [-0.39, 0.29) is 11.7 Å². The molecule has 0 amide bonds. The third-order valence-corrected chi connectivity index (χ3v) is 5.06. The van der Waals surface area contributed by atoms with Gasteiger partial charge < -0.3 is 9.30 Å². The molecule has 0 saturated heterocycles. The fourth-order valence-corrected chi connectivity index (χ4v) is 3.40. The molecule has 0 fully saturated rings. The zero-order valence-corrected chi connectivity index (χ0v) is 17.3. The predicted octanol–water partition coefficient (Wildman–Crippen LogP) is 5.33. The molecule has 3 aromatic rings. The Morgan fingerprint density at radius 3 is 2.57 bits per heavy atom. The van der Waals surface area contributed by atoms with Crippen LogP contribution in [0.4, 0.5) is 0 Å². The lowest BCUT2D eigenvalue weighted by atomic mass is 10.1. The Morgan fingerprint density at radius 2 is 1.89 bits per heavy atom. The van der Waals surface area contributed by atoms with Gasteiger partial charge in [-0.1, -0.05) is 32.4 Å². The highest BCUT2D eigenvalue weighted by Gasteiger charge is 2.11. The molecule has 1 aromatic carbocycles. The van der Waals surface area contributed by atoms with Crippen molar-refractivity contribution in [1.82, 2.24) is 14.3 Å². The van der Waals surface area contributed by atoms with E-state index in [4.69, 9.17) is 16.3 Å². The second-order valence-corrected chi connectivity index (χ2v) is 7.20. The summed E-state index contributed by atoms with van der Waals surface area (Å²) in [4.78, 5) is 11.9. The molecule has 2 aromatic heterocycles. The average Bonchev–Trinajstić information content (AvgIpc) is 3.18. The van der Waals surface area contributed by atoms with E-state index in [2.05, 4.69) is 18.9 Å². The second kappa shape index (κ2) is 9.11. The van der Waals surface area contributed by atoms with Gasteiger partial charge in [0.15, 0.2) is 0 Å². The van der Waals surface area contributed by atoms with Crippen LogP contribution < -0.4 is 10.3 Å². The third-order valence-electron chi connectivity index (χ3n) is 4.74. The van der Waals surface area contributed by atoms with Crippen LogP contribution >= 0.6 is 11.6 Å². The summed E-state index contributed by atoms with van der Waals surface area (Å²) in [5.41, 5.74) is 2.64. The molecule has 0 bridgehead atoms. The molecule has 0 aliphatic rings. The maximum atomic E-state index is 11.9. The molecule has 148 valence electrons. The molecule has 0 N–H and O–H groups in total. The van der Waals surface area contributed by atoms with Crippen LogP contribution in [0.25, 0.3) is 16.8 Å². The van der Waals surface area contributed by atoms with E-state index in [0.717, 1.165) is 41.8 Å². The Balaban J connectivity index is 1.86. The Hall–Kier alpha value is -2.53. The SMILES string of the molecule is CCCn1cc(-n2cc(-c3ccc(OC(CC)CC)cc3Cl)cn2)ccc1=O. The maximum Gasteiger partial charge on any atom is 0.250 e. The van der Waals surface area contributed by atoms with Crippen LogP contribution in [0.3, 0.4) is 0 Å². The van der Waals surface area contributed by atoms with Gasteiger partial charge in [-0.2, -0.15) is 5.10 Å². The molecule has 0 radical (unpaired) electrons. The highest BCUT2D eigenvalue weighted by molar-refractivity contribution is 6.33. The van der Waals surface area contributed by atoms with Crippen molar-refractivity contribution >= 4 is 11.6 Å². The van der Waals surface area contributed by atoms with E-state index in [9.17, 15) is 4.79 Å². The number of pyridine rings is 1. The Morgan fingerprint density at radius 1 is 1.11 bits per heavy atom. The minimum absolute atomic E-state index is 0.00549. The zero-order valence-electron chi connectivity index (χ0n) is 16.6. The van der Waals surface area contributed by atoms with E-state index in [1.165, 1.54) is 0 Å². The quantitative estimate of drug-likeness (QED) is 0.514. The van der Waals surface area contributed by atoms with E-state index in [1.807, 2.05) is 37.5 Å². The number of aromatic nitrogens is 3. The fraction of sp³-hybridized carbons (Fsp3) is 0.364. The summed E-state index contributed by atoms with van der Waals surface area (Å²) in [6.45, 7) is 6.96. The molecule has 3 rings (SSSR count). The van der Waals surface area contributed by atoms with Crippen molar-refractivity contribution < 1.29 is 4.74 Å². The van der Waals surface area contributed by atoms with Crippen LogP contribution in [0.5, 0.6) is 5.75 Å². The number of hydrogen-bond donors (Lipinski definition) is 0. The third kappa shape index (κ3) is 4.47. The summed E-state index contributed by atoms with van der Waals surface area (Å²) in [5, 5.41) is 5.07. The molecular formula is C22H26ClN3O2. The van der Waals surface area contributed by atoms with Gasteiger partial charge in [-0.15, -0.1) is 0 Å². The number of benzene rings is 1. The van der Waals surface area contributed by atoms with Gasteiger partial charge >= 0.3 is 0 Å². The molecular weight excluding hydrogens is 374 g/mol. The first-order valence-electron chi connectivity index (χ1n) is 9.77. The maximum absolute atomic E-state index is 11.9. The lowest BCUT2D eigenvalue weighted by Gasteiger charge is -2.16. The van der Waals surface area contributed by atoms with Crippen molar-refractivity contribution in [3.05, 3.63) is 64.3 Å². The molecule has 6 heteroatoms. The van der Waals surface area contributed by atoms with Crippen LogP contribution in [0, 0.1) is 0 Å². The number of nitrogens with zero attached hydrogens (tertiary/aromatic N) is 3. The van der Waals surface area contributed by atoms with Crippen LogP contribution in [0.1, 0.15) is 40.0 Å². The molecule has 0 spiro atoms. The Labute approximate surface area is 170 Å². The standard InChI is InChI=1S/C22H26ClN3O2/c1-4-11-25-15-17(7-10-22(25)27)26-14-16(13-24-26)20-9-8-19(12-21(20)23)28-18(5-2)6-3/h7-10,12-15,18H,4-6,11H2,1-3H3. The van der Waals surface area contributed by atoms with Gasteiger partial charge in [0.1, 0.15) is 5.75 Å². The average molecular weight is 400 g/mol. The number of hydrogen-bond acceptors (Lipinski definition) is 3. The molecule has 2 heterocycles. The molecule has 0 aliphatic carbocycles. The smallest absolute Gasteiger partial charge is 0.250 e. The first-order chi connectivity index (χ1) is 13.5. The summed E-state index contributed by atoms with van der Waals surface area (Å²) in [6, 6.07) is 9.11. The van der Waals surface area contributed by atoms with Crippen LogP contribution in [-0.4, -0.2) is 20.5 Å². The van der Waals surface area contributed by atoms with Gasteiger partial charge in [0, 0.05) is 36.1 Å². The highest BCUT2D eigenvalue weighted by Crippen LogP contribution is 2.32. The first kappa shape index (κ1) is 20.2. The molecule has 0 atom stereocenters. The van der Waals surface area contributed by atoms with Gasteiger partial charge in [0.05, 0.1) is 23.0 Å². The monoisotopic (exact) mass is 399 g/mol. The summed E-state index contributed by atoms with van der Waals surface area (Å²) < 4.78 is 9.43. The minimum Gasteiger partial charge on any atom is -0.490 e. The normalized spacial score (nSPS) is 11.2.